The average Bonchev–Trinajstić information content (AvgIpc) is 2.28. The van der Waals surface area contributed by atoms with E-state index in [0.717, 1.165) is 12.1 Å². The van der Waals surface area contributed by atoms with Crippen LogP contribution in [-0.2, 0) is 11.2 Å². The number of carbonyl (C=O) groups is 1. The Morgan fingerprint density at radius 3 is 2.71 bits per heavy atom. The summed E-state index contributed by atoms with van der Waals surface area (Å²) in [4.78, 5) is 11.4. The number of rotatable bonds is 6. The predicted octanol–water partition coefficient (Wildman–Crippen LogP) is 1.40. The Kier molecular flexibility index (Phi) is 5.56. The average molecular weight is 243 g/mol. The van der Waals surface area contributed by atoms with Gasteiger partial charge in [-0.25, -0.2) is 8.78 Å². The van der Waals surface area contributed by atoms with Gasteiger partial charge in [0.2, 0.25) is 5.91 Å². The fraction of sp³-hybridized carbons (Fsp3) is 0.417. The van der Waals surface area contributed by atoms with Crippen molar-refractivity contribution in [1.29, 1.82) is 0 Å². The molecule has 1 rings (SSSR count). The van der Waals surface area contributed by atoms with E-state index in [9.17, 15) is 13.6 Å². The summed E-state index contributed by atoms with van der Waals surface area (Å²) < 4.78 is 25.8. The number of benzene rings is 1. The normalized spacial score (nSPS) is 10.3. The number of halogens is 2. The van der Waals surface area contributed by atoms with Gasteiger partial charge in [-0.2, -0.15) is 0 Å². The van der Waals surface area contributed by atoms with Crippen molar-refractivity contribution < 1.29 is 18.7 Å². The Morgan fingerprint density at radius 2 is 2.06 bits per heavy atom. The zero-order chi connectivity index (χ0) is 12.7. The standard InChI is InChI=1S/C12H15F2NO2/c13-10-4-3-9(11(14)8-10)7-12(17)15-5-1-2-6-16/h3-4,8,16H,1-2,5-7H2,(H,15,17). The Labute approximate surface area is 98.5 Å². The van der Waals surface area contributed by atoms with Crippen molar-refractivity contribution in [2.75, 3.05) is 13.2 Å². The minimum Gasteiger partial charge on any atom is -0.396 e. The van der Waals surface area contributed by atoms with Crippen LogP contribution in [-0.4, -0.2) is 24.2 Å². The lowest BCUT2D eigenvalue weighted by atomic mass is 10.1. The van der Waals surface area contributed by atoms with E-state index >= 15 is 0 Å². The smallest absolute Gasteiger partial charge is 0.224 e. The molecule has 0 saturated carbocycles. The molecule has 1 amide bonds. The summed E-state index contributed by atoms with van der Waals surface area (Å²) in [6.07, 6.45) is 1.19. The molecule has 1 aromatic rings. The van der Waals surface area contributed by atoms with Crippen LogP contribution in [0.15, 0.2) is 18.2 Å². The maximum Gasteiger partial charge on any atom is 0.224 e. The molecule has 0 bridgehead atoms. The molecular weight excluding hydrogens is 228 g/mol. The Morgan fingerprint density at radius 1 is 1.29 bits per heavy atom. The number of aliphatic hydroxyl groups is 1. The van der Waals surface area contributed by atoms with Crippen molar-refractivity contribution in [3.63, 3.8) is 0 Å². The first-order valence-corrected chi connectivity index (χ1v) is 5.45. The fourth-order valence-corrected chi connectivity index (χ4v) is 1.37. The van der Waals surface area contributed by atoms with Crippen LogP contribution in [0.3, 0.4) is 0 Å². The number of amides is 1. The number of hydrogen-bond donors (Lipinski definition) is 2. The van der Waals surface area contributed by atoms with Gasteiger partial charge in [0.25, 0.3) is 0 Å². The van der Waals surface area contributed by atoms with Crippen LogP contribution < -0.4 is 5.32 Å². The highest BCUT2D eigenvalue weighted by molar-refractivity contribution is 5.78. The second-order valence-corrected chi connectivity index (χ2v) is 3.69. The third-order valence-electron chi connectivity index (χ3n) is 2.27. The lowest BCUT2D eigenvalue weighted by Gasteiger charge is -2.05. The highest BCUT2D eigenvalue weighted by Crippen LogP contribution is 2.09. The second-order valence-electron chi connectivity index (χ2n) is 3.69. The van der Waals surface area contributed by atoms with Crippen LogP contribution >= 0.6 is 0 Å². The van der Waals surface area contributed by atoms with Crippen LogP contribution in [0.4, 0.5) is 8.78 Å². The molecule has 0 aromatic heterocycles. The largest absolute Gasteiger partial charge is 0.396 e. The van der Waals surface area contributed by atoms with E-state index in [1.54, 1.807) is 0 Å². The van der Waals surface area contributed by atoms with E-state index in [2.05, 4.69) is 5.32 Å². The fourth-order valence-electron chi connectivity index (χ4n) is 1.37. The molecule has 0 spiro atoms. The van der Waals surface area contributed by atoms with Crippen molar-refractivity contribution >= 4 is 5.91 Å². The lowest BCUT2D eigenvalue weighted by molar-refractivity contribution is -0.120. The third kappa shape index (κ3) is 4.91. The molecule has 0 aliphatic rings. The van der Waals surface area contributed by atoms with Crippen molar-refractivity contribution in [3.8, 4) is 0 Å². The molecule has 17 heavy (non-hydrogen) atoms. The second kappa shape index (κ2) is 6.96. The maximum absolute atomic E-state index is 13.2. The SMILES string of the molecule is O=C(Cc1ccc(F)cc1F)NCCCCO. The van der Waals surface area contributed by atoms with Crippen LogP contribution in [0.2, 0.25) is 0 Å². The van der Waals surface area contributed by atoms with Gasteiger partial charge < -0.3 is 10.4 Å². The van der Waals surface area contributed by atoms with Crippen LogP contribution in [0.1, 0.15) is 18.4 Å². The summed E-state index contributed by atoms with van der Waals surface area (Å²) in [5.41, 5.74) is 0.172. The molecule has 0 atom stereocenters. The van der Waals surface area contributed by atoms with Gasteiger partial charge in [0.1, 0.15) is 11.6 Å². The molecule has 0 radical (unpaired) electrons. The van der Waals surface area contributed by atoms with Gasteiger partial charge in [0.05, 0.1) is 6.42 Å². The number of unbranched alkanes of at least 4 members (excludes halogenated alkanes) is 1. The van der Waals surface area contributed by atoms with Crippen LogP contribution in [0.5, 0.6) is 0 Å². The molecule has 0 saturated heterocycles. The van der Waals surface area contributed by atoms with Gasteiger partial charge in [0.15, 0.2) is 0 Å². The molecule has 3 nitrogen and oxygen atoms in total. The van der Waals surface area contributed by atoms with Gasteiger partial charge in [0, 0.05) is 19.2 Å². The predicted molar refractivity (Wildman–Crippen MR) is 59.4 cm³/mol. The van der Waals surface area contributed by atoms with Gasteiger partial charge in [-0.3, -0.25) is 4.79 Å². The molecule has 0 aliphatic heterocycles. The van der Waals surface area contributed by atoms with Gasteiger partial charge in [-0.1, -0.05) is 6.07 Å². The Balaban J connectivity index is 2.40. The monoisotopic (exact) mass is 243 g/mol. The minimum atomic E-state index is -0.712. The zero-order valence-electron chi connectivity index (χ0n) is 9.38. The Bertz CT molecular complexity index is 383. The van der Waals surface area contributed by atoms with Crippen molar-refractivity contribution in [2.45, 2.75) is 19.3 Å². The molecule has 94 valence electrons. The molecule has 0 fully saturated rings. The Hall–Kier alpha value is -1.49. The van der Waals surface area contributed by atoms with Crippen molar-refractivity contribution in [3.05, 3.63) is 35.4 Å². The van der Waals surface area contributed by atoms with E-state index in [1.807, 2.05) is 0 Å². The maximum atomic E-state index is 13.2. The van der Waals surface area contributed by atoms with E-state index in [1.165, 1.54) is 6.07 Å². The van der Waals surface area contributed by atoms with Crippen LogP contribution in [0.25, 0.3) is 0 Å². The highest BCUT2D eigenvalue weighted by Gasteiger charge is 2.08. The molecule has 0 unspecified atom stereocenters. The topological polar surface area (TPSA) is 49.3 Å². The third-order valence-corrected chi connectivity index (χ3v) is 2.27. The minimum absolute atomic E-state index is 0.0858. The van der Waals surface area contributed by atoms with E-state index in [-0.39, 0.29) is 24.5 Å². The number of nitrogens with one attached hydrogen (secondary N) is 1. The van der Waals surface area contributed by atoms with Crippen molar-refractivity contribution in [2.24, 2.45) is 0 Å². The van der Waals surface area contributed by atoms with E-state index < -0.39 is 11.6 Å². The summed E-state index contributed by atoms with van der Waals surface area (Å²) >= 11 is 0. The molecule has 2 N–H and O–H groups in total. The van der Waals surface area contributed by atoms with Gasteiger partial charge in [-0.15, -0.1) is 0 Å². The van der Waals surface area contributed by atoms with Crippen molar-refractivity contribution in [1.82, 2.24) is 5.32 Å². The summed E-state index contributed by atoms with van der Waals surface area (Å²) in [6, 6.07) is 3.14. The molecule has 1 aromatic carbocycles. The highest BCUT2D eigenvalue weighted by atomic mass is 19.1. The van der Waals surface area contributed by atoms with E-state index in [0.29, 0.717) is 19.4 Å². The number of carbonyl (C=O) groups excluding carboxylic acids is 1. The molecular formula is C12H15F2NO2. The van der Waals surface area contributed by atoms with Crippen LogP contribution in [0, 0.1) is 11.6 Å². The number of hydrogen-bond acceptors (Lipinski definition) is 2. The van der Waals surface area contributed by atoms with Gasteiger partial charge in [-0.05, 0) is 24.5 Å². The molecule has 5 heteroatoms. The van der Waals surface area contributed by atoms with Gasteiger partial charge >= 0.3 is 0 Å². The first-order valence-electron chi connectivity index (χ1n) is 5.45. The zero-order valence-corrected chi connectivity index (χ0v) is 9.38. The number of aliphatic hydroxyl groups excluding tert-OH is 1. The summed E-state index contributed by atoms with van der Waals surface area (Å²) in [5.74, 6) is -1.68. The summed E-state index contributed by atoms with van der Waals surface area (Å²) in [6.45, 7) is 0.532. The molecule has 0 aliphatic carbocycles. The quantitative estimate of drug-likeness (QED) is 0.742. The lowest BCUT2D eigenvalue weighted by Crippen LogP contribution is -2.26. The first kappa shape index (κ1) is 13.6. The summed E-state index contributed by atoms with van der Waals surface area (Å²) in [5, 5.41) is 11.1. The summed E-state index contributed by atoms with van der Waals surface area (Å²) in [7, 11) is 0. The van der Waals surface area contributed by atoms with E-state index in [4.69, 9.17) is 5.11 Å². The first-order chi connectivity index (χ1) is 8.13. The molecule has 0 heterocycles.